The Morgan fingerprint density at radius 1 is 1.53 bits per heavy atom. The first-order chi connectivity index (χ1) is 8.93. The Balaban J connectivity index is 3.04. The average Bonchev–Trinajstić information content (AvgIpc) is 2.33. The molecule has 104 valence electrons. The molecule has 0 fully saturated rings. The summed E-state index contributed by atoms with van der Waals surface area (Å²) in [6.45, 7) is 6.69. The highest BCUT2D eigenvalue weighted by Crippen LogP contribution is 2.31. The van der Waals surface area contributed by atoms with Crippen molar-refractivity contribution in [3.8, 4) is 5.75 Å². The van der Waals surface area contributed by atoms with E-state index in [2.05, 4.69) is 6.58 Å². The molecule has 0 aliphatic rings. The Kier molecular flexibility index (Phi) is 5.70. The van der Waals surface area contributed by atoms with E-state index in [9.17, 15) is 4.79 Å². The first-order valence-corrected chi connectivity index (χ1v) is 6.26. The largest absolute Gasteiger partial charge is 0.495 e. The van der Waals surface area contributed by atoms with Crippen molar-refractivity contribution >= 4 is 23.3 Å². The molecule has 0 unspecified atom stereocenters. The van der Waals surface area contributed by atoms with Crippen LogP contribution in [0.3, 0.4) is 0 Å². The molecule has 1 N–H and O–H groups in total. The van der Waals surface area contributed by atoms with Gasteiger partial charge in [0, 0.05) is 18.1 Å². The maximum Gasteiger partial charge on any atom is 0.305 e. The van der Waals surface area contributed by atoms with Crippen LogP contribution in [0.1, 0.15) is 13.3 Å². The average molecular weight is 284 g/mol. The van der Waals surface area contributed by atoms with Gasteiger partial charge in [0.2, 0.25) is 0 Å². The van der Waals surface area contributed by atoms with Crippen LogP contribution in [0.15, 0.2) is 30.4 Å². The van der Waals surface area contributed by atoms with Gasteiger partial charge in [-0.15, -0.1) is 0 Å². The molecule has 0 radical (unpaired) electrons. The highest BCUT2D eigenvalue weighted by atomic mass is 35.5. The molecule has 4 nitrogen and oxygen atoms in total. The maximum atomic E-state index is 10.7. The Hall–Kier alpha value is -1.68. The molecule has 1 rings (SSSR count). The van der Waals surface area contributed by atoms with Crippen LogP contribution in [0.2, 0.25) is 5.02 Å². The van der Waals surface area contributed by atoms with E-state index >= 15 is 0 Å². The Bertz CT molecular complexity index is 474. The normalized spacial score (nSPS) is 10.1. The number of carboxylic acids is 1. The molecule has 5 heteroatoms. The number of hydrogen-bond acceptors (Lipinski definition) is 3. The number of rotatable bonds is 7. The smallest absolute Gasteiger partial charge is 0.305 e. The van der Waals surface area contributed by atoms with Crippen LogP contribution >= 0.6 is 11.6 Å². The summed E-state index contributed by atoms with van der Waals surface area (Å²) in [7, 11) is 1.57. The minimum Gasteiger partial charge on any atom is -0.495 e. The third kappa shape index (κ3) is 4.83. The highest BCUT2D eigenvalue weighted by molar-refractivity contribution is 6.30. The quantitative estimate of drug-likeness (QED) is 0.781. The van der Waals surface area contributed by atoms with E-state index < -0.39 is 5.97 Å². The molecule has 0 aliphatic heterocycles. The number of methoxy groups -OCH3 is 1. The zero-order valence-electron chi connectivity index (χ0n) is 11.1. The van der Waals surface area contributed by atoms with Gasteiger partial charge in [-0.25, -0.2) is 0 Å². The summed E-state index contributed by atoms with van der Waals surface area (Å²) in [5, 5.41) is 9.40. The van der Waals surface area contributed by atoms with Gasteiger partial charge in [0.05, 0.1) is 19.2 Å². The van der Waals surface area contributed by atoms with Gasteiger partial charge in [0.25, 0.3) is 0 Å². The summed E-state index contributed by atoms with van der Waals surface area (Å²) < 4.78 is 5.29. The van der Waals surface area contributed by atoms with Gasteiger partial charge >= 0.3 is 5.97 Å². The van der Waals surface area contributed by atoms with Crippen LogP contribution in [-0.2, 0) is 4.79 Å². The Labute approximate surface area is 118 Å². The third-order valence-corrected chi connectivity index (χ3v) is 2.77. The van der Waals surface area contributed by atoms with Crippen molar-refractivity contribution in [2.45, 2.75) is 13.3 Å². The van der Waals surface area contributed by atoms with Crippen molar-refractivity contribution in [1.29, 1.82) is 0 Å². The van der Waals surface area contributed by atoms with Crippen LogP contribution in [0.25, 0.3) is 0 Å². The standard InChI is InChI=1S/C14H18ClNO3/c1-10(2)9-16(7-6-14(17)18)12-8-11(15)4-5-13(12)19-3/h4-5,8H,1,6-7,9H2,2-3H3,(H,17,18). The summed E-state index contributed by atoms with van der Waals surface area (Å²) in [5.41, 5.74) is 1.71. The molecule has 1 aromatic carbocycles. The summed E-state index contributed by atoms with van der Waals surface area (Å²) in [5.74, 6) is -0.177. The van der Waals surface area contributed by atoms with E-state index in [1.54, 1.807) is 25.3 Å². The van der Waals surface area contributed by atoms with Crippen molar-refractivity contribution in [2.75, 3.05) is 25.1 Å². The van der Waals surface area contributed by atoms with Crippen molar-refractivity contribution in [3.63, 3.8) is 0 Å². The van der Waals surface area contributed by atoms with Crippen molar-refractivity contribution < 1.29 is 14.6 Å². The Morgan fingerprint density at radius 3 is 2.74 bits per heavy atom. The van der Waals surface area contributed by atoms with E-state index in [-0.39, 0.29) is 6.42 Å². The lowest BCUT2D eigenvalue weighted by atomic mass is 10.2. The van der Waals surface area contributed by atoms with Crippen LogP contribution < -0.4 is 9.64 Å². The molecule has 0 atom stereocenters. The predicted octanol–water partition coefficient (Wildman–Crippen LogP) is 3.21. The lowest BCUT2D eigenvalue weighted by Gasteiger charge is -2.26. The van der Waals surface area contributed by atoms with Crippen LogP contribution in [0, 0.1) is 0 Å². The monoisotopic (exact) mass is 283 g/mol. The molecule has 0 amide bonds. The number of anilines is 1. The summed E-state index contributed by atoms with van der Waals surface area (Å²) in [4.78, 5) is 12.6. The van der Waals surface area contributed by atoms with Gasteiger partial charge in [-0.1, -0.05) is 23.8 Å². The number of carbonyl (C=O) groups is 1. The lowest BCUT2D eigenvalue weighted by molar-refractivity contribution is -0.136. The van der Waals surface area contributed by atoms with Gasteiger partial charge in [0.15, 0.2) is 0 Å². The SMILES string of the molecule is C=C(C)CN(CCC(=O)O)c1cc(Cl)ccc1OC. The number of hydrogen-bond donors (Lipinski definition) is 1. The lowest BCUT2D eigenvalue weighted by Crippen LogP contribution is -2.28. The first kappa shape index (κ1) is 15.4. The molecule has 0 aromatic heterocycles. The zero-order valence-corrected chi connectivity index (χ0v) is 11.9. The van der Waals surface area contributed by atoms with E-state index in [0.29, 0.717) is 23.9 Å². The number of carboxylic acid groups (broad SMARTS) is 1. The summed E-state index contributed by atoms with van der Waals surface area (Å²) >= 11 is 6.00. The maximum absolute atomic E-state index is 10.7. The molecular formula is C14H18ClNO3. The second-order valence-corrected chi connectivity index (χ2v) is 4.78. The summed E-state index contributed by atoms with van der Waals surface area (Å²) in [6, 6.07) is 5.27. The van der Waals surface area contributed by atoms with Crippen LogP contribution in [0.4, 0.5) is 5.69 Å². The second kappa shape index (κ2) is 7.04. The number of benzene rings is 1. The molecular weight excluding hydrogens is 266 g/mol. The van der Waals surface area contributed by atoms with E-state index in [0.717, 1.165) is 11.3 Å². The van der Waals surface area contributed by atoms with Crippen molar-refractivity contribution in [2.24, 2.45) is 0 Å². The molecule has 0 heterocycles. The van der Waals surface area contributed by atoms with Crippen LogP contribution in [0.5, 0.6) is 5.75 Å². The molecule has 19 heavy (non-hydrogen) atoms. The van der Waals surface area contributed by atoms with Crippen molar-refractivity contribution in [1.82, 2.24) is 0 Å². The van der Waals surface area contributed by atoms with E-state index in [1.165, 1.54) is 0 Å². The van der Waals surface area contributed by atoms with Crippen molar-refractivity contribution in [3.05, 3.63) is 35.4 Å². The molecule has 1 aromatic rings. The molecule has 0 saturated carbocycles. The highest BCUT2D eigenvalue weighted by Gasteiger charge is 2.14. The fourth-order valence-electron chi connectivity index (χ4n) is 1.75. The first-order valence-electron chi connectivity index (χ1n) is 5.88. The van der Waals surface area contributed by atoms with Gasteiger partial charge in [-0.3, -0.25) is 4.79 Å². The minimum absolute atomic E-state index is 0.0446. The zero-order chi connectivity index (χ0) is 14.4. The molecule has 0 spiro atoms. The third-order valence-electron chi connectivity index (χ3n) is 2.54. The second-order valence-electron chi connectivity index (χ2n) is 4.34. The van der Waals surface area contributed by atoms with Crippen LogP contribution in [-0.4, -0.2) is 31.3 Å². The van der Waals surface area contributed by atoms with Gasteiger partial charge in [-0.05, 0) is 25.1 Å². The molecule has 0 saturated heterocycles. The minimum atomic E-state index is -0.840. The molecule has 0 aliphatic carbocycles. The van der Waals surface area contributed by atoms with Gasteiger partial charge < -0.3 is 14.7 Å². The number of ether oxygens (including phenoxy) is 1. The Morgan fingerprint density at radius 2 is 2.21 bits per heavy atom. The van der Waals surface area contributed by atoms with E-state index in [4.69, 9.17) is 21.4 Å². The van der Waals surface area contributed by atoms with E-state index in [1.807, 2.05) is 11.8 Å². The molecule has 0 bridgehead atoms. The topological polar surface area (TPSA) is 49.8 Å². The summed E-state index contributed by atoms with van der Waals surface area (Å²) in [6.07, 6.45) is 0.0446. The number of nitrogens with zero attached hydrogens (tertiary/aromatic N) is 1. The predicted molar refractivity (Wildman–Crippen MR) is 77.3 cm³/mol. The fraction of sp³-hybridized carbons (Fsp3) is 0.357. The van der Waals surface area contributed by atoms with Gasteiger partial charge in [0.1, 0.15) is 5.75 Å². The number of halogens is 1. The fourth-order valence-corrected chi connectivity index (χ4v) is 1.92. The van der Waals surface area contributed by atoms with Gasteiger partial charge in [-0.2, -0.15) is 0 Å². The number of aliphatic carboxylic acids is 1.